The van der Waals surface area contributed by atoms with Gasteiger partial charge in [0, 0.05) is 12.3 Å². The lowest BCUT2D eigenvalue weighted by atomic mass is 10.2. The minimum atomic E-state index is -0.242. The second-order valence-corrected chi connectivity index (χ2v) is 4.46. The highest BCUT2D eigenvalue weighted by Crippen LogP contribution is 2.15. The van der Waals surface area contributed by atoms with Gasteiger partial charge in [0.05, 0.1) is 6.54 Å². The van der Waals surface area contributed by atoms with E-state index in [0.717, 1.165) is 5.56 Å². The van der Waals surface area contributed by atoms with Gasteiger partial charge in [-0.3, -0.25) is 0 Å². The molecule has 0 spiro atoms. The number of aliphatic imine (C=N–C) groups is 1. The van der Waals surface area contributed by atoms with E-state index in [4.69, 9.17) is 16.2 Å². The first-order chi connectivity index (χ1) is 7.37. The summed E-state index contributed by atoms with van der Waals surface area (Å²) in [5.74, 6) is 0.677. The molecule has 0 radical (unpaired) electrons. The van der Waals surface area contributed by atoms with Crippen LogP contribution in [0.5, 0.6) is 5.88 Å². The molecule has 0 saturated carbocycles. The average Bonchev–Trinajstić information content (AvgIpc) is 2.14. The average molecular weight is 350 g/mol. The van der Waals surface area contributed by atoms with E-state index in [2.05, 4.69) is 9.98 Å². The van der Waals surface area contributed by atoms with Crippen LogP contribution >= 0.6 is 24.0 Å². The van der Waals surface area contributed by atoms with Gasteiger partial charge in [-0.2, -0.15) is 0 Å². The van der Waals surface area contributed by atoms with Crippen LogP contribution in [0.1, 0.15) is 26.3 Å². The Morgan fingerprint density at radius 3 is 2.41 bits per heavy atom. The Hall–Kier alpha value is -1.05. The van der Waals surface area contributed by atoms with E-state index in [1.807, 2.05) is 32.9 Å². The smallest absolute Gasteiger partial charge is 0.213 e. The van der Waals surface area contributed by atoms with Crippen LogP contribution < -0.4 is 16.2 Å². The summed E-state index contributed by atoms with van der Waals surface area (Å²) in [6, 6.07) is 3.70. The Morgan fingerprint density at radius 1 is 1.35 bits per heavy atom. The summed E-state index contributed by atoms with van der Waals surface area (Å²) < 4.78 is 5.59. The van der Waals surface area contributed by atoms with E-state index < -0.39 is 0 Å². The monoisotopic (exact) mass is 350 g/mol. The number of aromatic nitrogens is 1. The fourth-order valence-electron chi connectivity index (χ4n) is 1.06. The van der Waals surface area contributed by atoms with Gasteiger partial charge in [0.25, 0.3) is 0 Å². The zero-order valence-corrected chi connectivity index (χ0v) is 12.6. The van der Waals surface area contributed by atoms with E-state index in [0.29, 0.717) is 12.4 Å². The molecule has 1 aromatic heterocycles. The van der Waals surface area contributed by atoms with E-state index in [9.17, 15) is 0 Å². The lowest BCUT2D eigenvalue weighted by molar-refractivity contribution is 0.124. The summed E-state index contributed by atoms with van der Waals surface area (Å²) in [6.45, 7) is 6.36. The van der Waals surface area contributed by atoms with Crippen LogP contribution in [0.2, 0.25) is 0 Å². The zero-order chi connectivity index (χ0) is 12.2. The molecular weight excluding hydrogens is 331 g/mol. The summed E-state index contributed by atoms with van der Waals surface area (Å²) in [5, 5.41) is 0. The van der Waals surface area contributed by atoms with Crippen molar-refractivity contribution in [3.8, 4) is 5.88 Å². The molecule has 0 atom stereocenters. The van der Waals surface area contributed by atoms with Gasteiger partial charge >= 0.3 is 0 Å². The third-order valence-electron chi connectivity index (χ3n) is 1.65. The molecule has 0 aliphatic carbocycles. The highest BCUT2D eigenvalue weighted by Gasteiger charge is 2.12. The van der Waals surface area contributed by atoms with Crippen molar-refractivity contribution in [1.29, 1.82) is 0 Å². The van der Waals surface area contributed by atoms with Crippen molar-refractivity contribution in [2.45, 2.75) is 32.9 Å². The molecule has 6 heteroatoms. The Morgan fingerprint density at radius 2 is 2.00 bits per heavy atom. The molecule has 0 fully saturated rings. The summed E-state index contributed by atoms with van der Waals surface area (Å²) in [7, 11) is 0. The Bertz CT molecular complexity index is 366. The predicted molar refractivity (Wildman–Crippen MR) is 79.5 cm³/mol. The van der Waals surface area contributed by atoms with Gasteiger partial charge in [-0.05, 0) is 26.3 Å². The highest BCUT2D eigenvalue weighted by molar-refractivity contribution is 14.0. The van der Waals surface area contributed by atoms with Gasteiger partial charge < -0.3 is 16.2 Å². The Kier molecular flexibility index (Phi) is 6.22. The van der Waals surface area contributed by atoms with E-state index in [1.54, 1.807) is 6.20 Å². The number of pyridine rings is 1. The van der Waals surface area contributed by atoms with Crippen LogP contribution in [0.15, 0.2) is 23.3 Å². The maximum Gasteiger partial charge on any atom is 0.213 e. The molecule has 96 valence electrons. The molecule has 4 N–H and O–H groups in total. The standard InChI is InChI=1S/C11H18N4O.HI/c1-11(2,3)16-9-5-4-8(6-14-9)7-15-10(12)13;/h4-6H,7H2,1-3H3,(H4,12,13,15);1H. The molecule has 1 rings (SSSR count). The maximum absolute atomic E-state index is 5.59. The number of rotatable bonds is 3. The second-order valence-electron chi connectivity index (χ2n) is 4.46. The molecule has 1 heterocycles. The number of hydrogen-bond acceptors (Lipinski definition) is 3. The first kappa shape index (κ1) is 16.0. The molecule has 5 nitrogen and oxygen atoms in total. The van der Waals surface area contributed by atoms with Crippen molar-refractivity contribution >= 4 is 29.9 Å². The lowest BCUT2D eigenvalue weighted by Gasteiger charge is -2.20. The molecule has 0 amide bonds. The summed E-state index contributed by atoms with van der Waals surface area (Å²) >= 11 is 0. The third kappa shape index (κ3) is 6.98. The molecule has 0 unspecified atom stereocenters. The lowest BCUT2D eigenvalue weighted by Crippen LogP contribution is -2.23. The molecule has 0 saturated heterocycles. The Labute approximate surface area is 119 Å². The normalized spacial score (nSPS) is 10.3. The van der Waals surface area contributed by atoms with Gasteiger partial charge in [0.1, 0.15) is 5.60 Å². The third-order valence-corrected chi connectivity index (χ3v) is 1.65. The maximum atomic E-state index is 5.59. The van der Waals surface area contributed by atoms with Crippen molar-refractivity contribution in [2.75, 3.05) is 0 Å². The summed E-state index contributed by atoms with van der Waals surface area (Å²) in [4.78, 5) is 8.06. The minimum absolute atomic E-state index is 0. The number of halogens is 1. The molecule has 0 bridgehead atoms. The topological polar surface area (TPSA) is 86.5 Å². The van der Waals surface area contributed by atoms with Crippen LogP contribution in [0.4, 0.5) is 0 Å². The molecule has 0 aliphatic rings. The van der Waals surface area contributed by atoms with Crippen LogP contribution in [0, 0.1) is 0 Å². The molecule has 0 aromatic carbocycles. The number of nitrogens with two attached hydrogens (primary N) is 2. The quantitative estimate of drug-likeness (QED) is 0.493. The SMILES string of the molecule is CC(C)(C)Oc1ccc(CN=C(N)N)cn1.I. The van der Waals surface area contributed by atoms with Gasteiger partial charge in [-0.15, -0.1) is 24.0 Å². The first-order valence-electron chi connectivity index (χ1n) is 5.06. The summed E-state index contributed by atoms with van der Waals surface area (Å²) in [6.07, 6.45) is 1.70. The van der Waals surface area contributed by atoms with Gasteiger partial charge in [-0.1, -0.05) is 6.07 Å². The zero-order valence-electron chi connectivity index (χ0n) is 10.3. The number of ether oxygens (including phenoxy) is 1. The van der Waals surface area contributed by atoms with Crippen LogP contribution in [0.25, 0.3) is 0 Å². The molecule has 0 aliphatic heterocycles. The predicted octanol–water partition coefficient (Wildman–Crippen LogP) is 1.65. The van der Waals surface area contributed by atoms with E-state index >= 15 is 0 Å². The van der Waals surface area contributed by atoms with Gasteiger partial charge in [-0.25, -0.2) is 9.98 Å². The van der Waals surface area contributed by atoms with E-state index in [-0.39, 0.29) is 35.5 Å². The van der Waals surface area contributed by atoms with Crippen molar-refractivity contribution in [2.24, 2.45) is 16.5 Å². The number of hydrogen-bond donors (Lipinski definition) is 2. The van der Waals surface area contributed by atoms with Crippen LogP contribution in [-0.4, -0.2) is 16.5 Å². The second kappa shape index (κ2) is 6.63. The van der Waals surface area contributed by atoms with Crippen molar-refractivity contribution < 1.29 is 4.74 Å². The van der Waals surface area contributed by atoms with Crippen molar-refractivity contribution in [3.05, 3.63) is 23.9 Å². The van der Waals surface area contributed by atoms with Crippen LogP contribution in [-0.2, 0) is 6.54 Å². The first-order valence-corrected chi connectivity index (χ1v) is 5.06. The van der Waals surface area contributed by atoms with Crippen molar-refractivity contribution in [3.63, 3.8) is 0 Å². The fraction of sp³-hybridized carbons (Fsp3) is 0.455. The molecule has 1 aromatic rings. The van der Waals surface area contributed by atoms with Gasteiger partial charge in [0.2, 0.25) is 5.88 Å². The molecular formula is C11H19IN4O. The fourth-order valence-corrected chi connectivity index (χ4v) is 1.06. The highest BCUT2D eigenvalue weighted by atomic mass is 127. The summed E-state index contributed by atoms with van der Waals surface area (Å²) in [5.41, 5.74) is 11.2. The van der Waals surface area contributed by atoms with Crippen LogP contribution in [0.3, 0.4) is 0 Å². The Balaban J connectivity index is 0.00000256. The number of nitrogens with zero attached hydrogens (tertiary/aromatic N) is 2. The molecule has 17 heavy (non-hydrogen) atoms. The number of guanidine groups is 1. The largest absolute Gasteiger partial charge is 0.472 e. The van der Waals surface area contributed by atoms with E-state index in [1.165, 1.54) is 0 Å². The van der Waals surface area contributed by atoms with Gasteiger partial charge in [0.15, 0.2) is 5.96 Å². The minimum Gasteiger partial charge on any atom is -0.472 e. The van der Waals surface area contributed by atoms with Crippen molar-refractivity contribution in [1.82, 2.24) is 4.98 Å².